The van der Waals surface area contributed by atoms with Crippen LogP contribution >= 0.6 is 0 Å². The third-order valence-corrected chi connectivity index (χ3v) is 6.22. The number of pyridine rings is 1. The lowest BCUT2D eigenvalue weighted by atomic mass is 10.00. The second kappa shape index (κ2) is 9.28. The number of benzene rings is 1. The van der Waals surface area contributed by atoms with E-state index in [0.717, 1.165) is 57.1 Å². The lowest BCUT2D eigenvalue weighted by molar-refractivity contribution is 0.0838. The van der Waals surface area contributed by atoms with E-state index < -0.39 is 6.10 Å². The number of aromatic nitrogens is 2. The quantitative estimate of drug-likeness (QED) is 0.608. The lowest BCUT2D eigenvalue weighted by Gasteiger charge is -2.30. The molecule has 8 heteroatoms. The highest BCUT2D eigenvalue weighted by Gasteiger charge is 2.20. The zero-order valence-corrected chi connectivity index (χ0v) is 18.1. The third-order valence-electron chi connectivity index (χ3n) is 6.22. The summed E-state index contributed by atoms with van der Waals surface area (Å²) in [5.74, 6) is -0.273. The number of fused-ring (bicyclic) bond motifs is 2. The van der Waals surface area contributed by atoms with Crippen molar-refractivity contribution in [3.8, 4) is 0 Å². The van der Waals surface area contributed by atoms with Crippen molar-refractivity contribution in [2.24, 2.45) is 0 Å². The van der Waals surface area contributed by atoms with Gasteiger partial charge >= 0.3 is 0 Å². The van der Waals surface area contributed by atoms with Gasteiger partial charge in [-0.25, -0.2) is 4.98 Å². The molecule has 0 radical (unpaired) electrons. The molecule has 1 saturated heterocycles. The summed E-state index contributed by atoms with van der Waals surface area (Å²) in [6.07, 6.45) is 4.09. The van der Waals surface area contributed by atoms with Crippen LogP contribution in [0.4, 0.5) is 5.69 Å². The van der Waals surface area contributed by atoms with Crippen LogP contribution in [-0.2, 0) is 17.7 Å². The monoisotopic (exact) mass is 435 g/mol. The number of amides is 1. The van der Waals surface area contributed by atoms with Crippen molar-refractivity contribution in [2.45, 2.75) is 19.1 Å². The molecular formula is C24H29N5O3. The molecule has 0 saturated carbocycles. The molecular weight excluding hydrogens is 406 g/mol. The average Bonchev–Trinajstić information content (AvgIpc) is 3.27. The van der Waals surface area contributed by atoms with Gasteiger partial charge in [-0.05, 0) is 29.7 Å². The Bertz CT molecular complexity index is 1090. The Morgan fingerprint density at radius 3 is 2.75 bits per heavy atom. The zero-order valence-electron chi connectivity index (χ0n) is 18.1. The van der Waals surface area contributed by atoms with Gasteiger partial charge in [-0.2, -0.15) is 0 Å². The summed E-state index contributed by atoms with van der Waals surface area (Å²) in [5, 5.41) is 13.3. The maximum absolute atomic E-state index is 12.6. The molecule has 1 aromatic carbocycles. The number of carbonyl (C=O) groups is 1. The fourth-order valence-corrected chi connectivity index (χ4v) is 4.47. The molecule has 8 nitrogen and oxygen atoms in total. The summed E-state index contributed by atoms with van der Waals surface area (Å²) < 4.78 is 7.29. The highest BCUT2D eigenvalue weighted by atomic mass is 16.5. The standard InChI is InChI=1S/C24H29N5O3/c30-21(16-27-8-7-18-3-1-2-4-19(18)14-27)13-25-24(31)22-17-29-15-20(5-6-23(29)26-22)28-9-11-32-12-10-28/h1-6,15,17,21,30H,7-14,16H2,(H,25,31)/t21-/m0/s1. The van der Waals surface area contributed by atoms with Gasteiger partial charge in [0.15, 0.2) is 0 Å². The maximum atomic E-state index is 12.6. The van der Waals surface area contributed by atoms with Crippen molar-refractivity contribution in [3.63, 3.8) is 0 Å². The number of aliphatic hydroxyl groups is 1. The maximum Gasteiger partial charge on any atom is 0.271 e. The number of rotatable bonds is 6. The number of aliphatic hydroxyl groups excluding tert-OH is 1. The molecule has 0 spiro atoms. The molecule has 3 aromatic rings. The summed E-state index contributed by atoms with van der Waals surface area (Å²) in [6.45, 7) is 5.64. The molecule has 2 aliphatic rings. The summed E-state index contributed by atoms with van der Waals surface area (Å²) >= 11 is 0. The van der Waals surface area contributed by atoms with E-state index in [9.17, 15) is 9.90 Å². The molecule has 1 atom stereocenters. The number of morpholine rings is 1. The fourth-order valence-electron chi connectivity index (χ4n) is 4.47. The molecule has 4 heterocycles. The van der Waals surface area contributed by atoms with Gasteiger partial charge in [-0.3, -0.25) is 9.69 Å². The van der Waals surface area contributed by atoms with Crippen LogP contribution in [0.2, 0.25) is 0 Å². The second-order valence-electron chi connectivity index (χ2n) is 8.50. The molecule has 0 aliphatic carbocycles. The molecule has 1 fully saturated rings. The van der Waals surface area contributed by atoms with Crippen LogP contribution in [0.25, 0.3) is 5.65 Å². The van der Waals surface area contributed by atoms with Crippen molar-refractivity contribution < 1.29 is 14.6 Å². The number of nitrogens with one attached hydrogen (secondary N) is 1. The van der Waals surface area contributed by atoms with E-state index in [2.05, 4.69) is 44.4 Å². The largest absolute Gasteiger partial charge is 0.390 e. The fraction of sp³-hybridized carbons (Fsp3) is 0.417. The first-order valence-corrected chi connectivity index (χ1v) is 11.2. The Morgan fingerprint density at radius 1 is 1.09 bits per heavy atom. The average molecular weight is 436 g/mol. The van der Waals surface area contributed by atoms with E-state index in [1.165, 1.54) is 11.1 Å². The smallest absolute Gasteiger partial charge is 0.271 e. The van der Waals surface area contributed by atoms with E-state index in [-0.39, 0.29) is 12.5 Å². The Morgan fingerprint density at radius 2 is 1.91 bits per heavy atom. The van der Waals surface area contributed by atoms with Crippen LogP contribution in [0, 0.1) is 0 Å². The predicted octanol–water partition coefficient (Wildman–Crippen LogP) is 1.32. The lowest BCUT2D eigenvalue weighted by Crippen LogP contribution is -2.42. The number of nitrogens with zero attached hydrogens (tertiary/aromatic N) is 4. The van der Waals surface area contributed by atoms with E-state index in [1.54, 1.807) is 6.20 Å². The van der Waals surface area contributed by atoms with Gasteiger partial charge < -0.3 is 24.5 Å². The second-order valence-corrected chi connectivity index (χ2v) is 8.50. The first kappa shape index (κ1) is 20.9. The van der Waals surface area contributed by atoms with Crippen molar-refractivity contribution in [3.05, 3.63) is 65.6 Å². The summed E-state index contributed by atoms with van der Waals surface area (Å²) in [6, 6.07) is 12.4. The van der Waals surface area contributed by atoms with E-state index in [0.29, 0.717) is 12.2 Å². The van der Waals surface area contributed by atoms with Gasteiger partial charge in [0.1, 0.15) is 11.3 Å². The Hall–Kier alpha value is -2.94. The Labute approximate surface area is 187 Å². The zero-order chi connectivity index (χ0) is 21.9. The predicted molar refractivity (Wildman–Crippen MR) is 122 cm³/mol. The summed E-state index contributed by atoms with van der Waals surface area (Å²) in [5.41, 5.74) is 4.86. The molecule has 5 rings (SSSR count). The van der Waals surface area contributed by atoms with E-state index >= 15 is 0 Å². The minimum atomic E-state index is -0.630. The van der Waals surface area contributed by atoms with Gasteiger partial charge in [-0.15, -0.1) is 0 Å². The molecule has 0 bridgehead atoms. The number of imidazole rings is 1. The van der Waals surface area contributed by atoms with Crippen LogP contribution < -0.4 is 10.2 Å². The number of ether oxygens (including phenoxy) is 1. The SMILES string of the molecule is O=C(NC[C@H](O)CN1CCc2ccccc2C1)c1cn2cc(N3CCOCC3)ccc2n1. The number of carbonyl (C=O) groups excluding carboxylic acids is 1. The normalized spacial score (nSPS) is 17.8. The van der Waals surface area contributed by atoms with Crippen LogP contribution in [0.3, 0.4) is 0 Å². The van der Waals surface area contributed by atoms with Crippen molar-refractivity contribution >= 4 is 17.2 Å². The topological polar surface area (TPSA) is 82.3 Å². The summed E-state index contributed by atoms with van der Waals surface area (Å²) in [7, 11) is 0. The van der Waals surface area contributed by atoms with Gasteiger partial charge in [0.05, 0.1) is 25.0 Å². The van der Waals surface area contributed by atoms with Crippen molar-refractivity contribution in [1.82, 2.24) is 19.6 Å². The molecule has 32 heavy (non-hydrogen) atoms. The van der Waals surface area contributed by atoms with Gasteiger partial charge in [0.2, 0.25) is 0 Å². The molecule has 0 unspecified atom stereocenters. The van der Waals surface area contributed by atoms with Crippen molar-refractivity contribution in [1.29, 1.82) is 0 Å². The van der Waals surface area contributed by atoms with Gasteiger partial charge in [0, 0.05) is 51.7 Å². The number of hydrogen-bond donors (Lipinski definition) is 2. The Kier molecular flexibility index (Phi) is 6.07. The van der Waals surface area contributed by atoms with E-state index in [1.807, 2.05) is 22.7 Å². The van der Waals surface area contributed by atoms with Crippen LogP contribution in [0.15, 0.2) is 48.8 Å². The molecule has 2 N–H and O–H groups in total. The van der Waals surface area contributed by atoms with Gasteiger partial charge in [-0.1, -0.05) is 24.3 Å². The summed E-state index contributed by atoms with van der Waals surface area (Å²) in [4.78, 5) is 21.6. The first-order chi connectivity index (χ1) is 15.7. The van der Waals surface area contributed by atoms with Crippen LogP contribution in [-0.4, -0.2) is 77.3 Å². The minimum Gasteiger partial charge on any atom is -0.390 e. The molecule has 2 aliphatic heterocycles. The molecule has 2 aromatic heterocycles. The molecule has 168 valence electrons. The highest BCUT2D eigenvalue weighted by Crippen LogP contribution is 2.19. The first-order valence-electron chi connectivity index (χ1n) is 11.2. The van der Waals surface area contributed by atoms with E-state index in [4.69, 9.17) is 4.74 Å². The minimum absolute atomic E-state index is 0.198. The van der Waals surface area contributed by atoms with Crippen LogP contribution in [0.1, 0.15) is 21.6 Å². The van der Waals surface area contributed by atoms with Crippen LogP contribution in [0.5, 0.6) is 0 Å². The highest BCUT2D eigenvalue weighted by molar-refractivity contribution is 5.92. The molecule has 1 amide bonds. The third kappa shape index (κ3) is 4.62. The number of hydrogen-bond acceptors (Lipinski definition) is 6. The van der Waals surface area contributed by atoms with Crippen molar-refractivity contribution in [2.75, 3.05) is 50.8 Å². The van der Waals surface area contributed by atoms with Gasteiger partial charge in [0.25, 0.3) is 5.91 Å². The number of β-amino-alcohol motifs (C(OH)–C–C–N with tert-alkyl or cyclic N) is 1. The number of anilines is 1. The Balaban J connectivity index is 1.16.